The maximum absolute atomic E-state index is 12.7. The topological polar surface area (TPSA) is 58.1 Å². The summed E-state index contributed by atoms with van der Waals surface area (Å²) in [6, 6.07) is 0.765. The molecule has 0 aliphatic carbocycles. The molecule has 0 radical (unpaired) electrons. The summed E-state index contributed by atoms with van der Waals surface area (Å²) in [5.41, 5.74) is 0.849. The van der Waals surface area contributed by atoms with Gasteiger partial charge in [-0.05, 0) is 43.8 Å². The Morgan fingerprint density at radius 2 is 2.28 bits per heavy atom. The highest BCUT2D eigenvalue weighted by Crippen LogP contribution is 2.30. The van der Waals surface area contributed by atoms with Gasteiger partial charge in [0, 0.05) is 18.6 Å². The number of carbonyl (C=O) groups excluding carboxylic acids is 1. The molecule has 3 heterocycles. The van der Waals surface area contributed by atoms with Crippen molar-refractivity contribution in [2.75, 3.05) is 13.1 Å². The van der Waals surface area contributed by atoms with E-state index in [0.717, 1.165) is 49.3 Å². The van der Waals surface area contributed by atoms with Crippen LogP contribution < -0.4 is 5.32 Å². The SMILES string of the molecule is CCc1nnsc1C(=O)N1C2CCNCC1CC2. The van der Waals surface area contributed by atoms with Crippen LogP contribution in [0.5, 0.6) is 0 Å². The first-order valence-electron chi connectivity index (χ1n) is 6.66. The maximum atomic E-state index is 12.7. The lowest BCUT2D eigenvalue weighted by atomic mass is 10.1. The molecular formula is C12H18N4OS. The summed E-state index contributed by atoms with van der Waals surface area (Å²) in [5, 5.41) is 7.47. The van der Waals surface area contributed by atoms with Gasteiger partial charge in [0.2, 0.25) is 0 Å². The second-order valence-corrected chi connectivity index (χ2v) is 5.75. The van der Waals surface area contributed by atoms with E-state index >= 15 is 0 Å². The predicted octanol–water partition coefficient (Wildman–Crippen LogP) is 1.07. The van der Waals surface area contributed by atoms with Crippen LogP contribution in [0.1, 0.15) is 41.6 Å². The average Bonchev–Trinajstić information content (AvgIpc) is 2.91. The normalized spacial score (nSPS) is 27.3. The van der Waals surface area contributed by atoms with Crippen molar-refractivity contribution < 1.29 is 4.79 Å². The fourth-order valence-corrected chi connectivity index (χ4v) is 3.73. The van der Waals surface area contributed by atoms with Crippen molar-refractivity contribution in [1.29, 1.82) is 0 Å². The molecule has 1 aromatic heterocycles. The monoisotopic (exact) mass is 266 g/mol. The minimum absolute atomic E-state index is 0.151. The molecule has 3 rings (SSSR count). The lowest BCUT2D eigenvalue weighted by Crippen LogP contribution is -2.42. The van der Waals surface area contributed by atoms with Gasteiger partial charge in [0.05, 0.1) is 5.69 Å². The van der Waals surface area contributed by atoms with Gasteiger partial charge in [-0.3, -0.25) is 4.79 Å². The zero-order valence-corrected chi connectivity index (χ0v) is 11.4. The summed E-state index contributed by atoms with van der Waals surface area (Å²) >= 11 is 1.24. The van der Waals surface area contributed by atoms with Crippen LogP contribution >= 0.6 is 11.5 Å². The van der Waals surface area contributed by atoms with Crippen molar-refractivity contribution in [2.45, 2.75) is 44.7 Å². The Hall–Kier alpha value is -1.01. The summed E-state index contributed by atoms with van der Waals surface area (Å²) in [5.74, 6) is 0.151. The van der Waals surface area contributed by atoms with E-state index in [2.05, 4.69) is 19.8 Å². The minimum Gasteiger partial charge on any atom is -0.331 e. The molecule has 2 bridgehead atoms. The van der Waals surface area contributed by atoms with Crippen LogP contribution in [-0.4, -0.2) is 45.6 Å². The number of hydrogen-bond acceptors (Lipinski definition) is 5. The number of carbonyl (C=O) groups is 1. The van der Waals surface area contributed by atoms with Crippen LogP contribution in [0, 0.1) is 0 Å². The van der Waals surface area contributed by atoms with E-state index in [-0.39, 0.29) is 5.91 Å². The predicted molar refractivity (Wildman–Crippen MR) is 69.8 cm³/mol. The highest BCUT2D eigenvalue weighted by atomic mass is 32.1. The molecule has 2 saturated heterocycles. The van der Waals surface area contributed by atoms with Gasteiger partial charge in [-0.1, -0.05) is 11.4 Å². The van der Waals surface area contributed by atoms with Gasteiger partial charge in [0.15, 0.2) is 0 Å². The summed E-state index contributed by atoms with van der Waals surface area (Å²) < 4.78 is 3.93. The molecule has 5 nitrogen and oxygen atoms in total. The Morgan fingerprint density at radius 3 is 3.11 bits per heavy atom. The first kappa shape index (κ1) is 12.0. The molecule has 18 heavy (non-hydrogen) atoms. The molecule has 0 spiro atoms. The summed E-state index contributed by atoms with van der Waals surface area (Å²) in [4.78, 5) is 15.5. The standard InChI is InChI=1S/C12H18N4OS/c1-2-10-11(18-15-14-10)12(17)16-8-3-4-9(16)7-13-6-5-8/h8-9,13H,2-7H2,1H3. The number of aromatic nitrogens is 2. The van der Waals surface area contributed by atoms with Crippen LogP contribution in [0.2, 0.25) is 0 Å². The highest BCUT2D eigenvalue weighted by Gasteiger charge is 2.39. The fraction of sp³-hybridized carbons (Fsp3) is 0.750. The zero-order valence-electron chi connectivity index (χ0n) is 10.6. The van der Waals surface area contributed by atoms with Gasteiger partial charge < -0.3 is 10.2 Å². The van der Waals surface area contributed by atoms with E-state index in [4.69, 9.17) is 0 Å². The molecule has 2 aliphatic heterocycles. The smallest absolute Gasteiger partial charge is 0.268 e. The van der Waals surface area contributed by atoms with Crippen molar-refractivity contribution in [2.24, 2.45) is 0 Å². The molecule has 2 fully saturated rings. The Labute approximate surface area is 111 Å². The maximum Gasteiger partial charge on any atom is 0.268 e. The Kier molecular flexibility index (Phi) is 3.30. The van der Waals surface area contributed by atoms with Crippen molar-refractivity contribution in [3.63, 3.8) is 0 Å². The number of rotatable bonds is 2. The third-order valence-corrected chi connectivity index (χ3v) is 4.73. The van der Waals surface area contributed by atoms with E-state index in [0.29, 0.717) is 12.1 Å². The number of amides is 1. The quantitative estimate of drug-likeness (QED) is 0.870. The molecule has 98 valence electrons. The van der Waals surface area contributed by atoms with E-state index in [9.17, 15) is 4.79 Å². The number of nitrogens with zero attached hydrogens (tertiary/aromatic N) is 3. The van der Waals surface area contributed by atoms with Crippen LogP contribution in [0.25, 0.3) is 0 Å². The Morgan fingerprint density at radius 1 is 1.44 bits per heavy atom. The van der Waals surface area contributed by atoms with Crippen LogP contribution in [0.3, 0.4) is 0 Å². The van der Waals surface area contributed by atoms with Gasteiger partial charge in [0.1, 0.15) is 4.88 Å². The molecule has 0 aromatic carbocycles. The third kappa shape index (κ3) is 1.93. The first-order valence-corrected chi connectivity index (χ1v) is 7.43. The Balaban J connectivity index is 1.87. The van der Waals surface area contributed by atoms with E-state index in [1.54, 1.807) is 0 Å². The third-order valence-electron chi connectivity index (χ3n) is 3.97. The molecule has 1 N–H and O–H groups in total. The second-order valence-electron chi connectivity index (χ2n) is 4.99. The number of nitrogens with one attached hydrogen (secondary N) is 1. The molecule has 6 heteroatoms. The van der Waals surface area contributed by atoms with Crippen molar-refractivity contribution >= 4 is 17.4 Å². The first-order chi connectivity index (χ1) is 8.81. The molecule has 2 aliphatic rings. The van der Waals surface area contributed by atoms with Gasteiger partial charge in [-0.25, -0.2) is 0 Å². The highest BCUT2D eigenvalue weighted by molar-refractivity contribution is 7.08. The van der Waals surface area contributed by atoms with E-state index < -0.39 is 0 Å². The molecular weight excluding hydrogens is 248 g/mol. The van der Waals surface area contributed by atoms with Crippen LogP contribution in [-0.2, 0) is 6.42 Å². The van der Waals surface area contributed by atoms with Gasteiger partial charge in [0.25, 0.3) is 5.91 Å². The second kappa shape index (κ2) is 4.93. The van der Waals surface area contributed by atoms with Crippen LogP contribution in [0.4, 0.5) is 0 Å². The minimum atomic E-state index is 0.151. The lowest BCUT2D eigenvalue weighted by molar-refractivity contribution is 0.0684. The number of fused-ring (bicyclic) bond motifs is 2. The van der Waals surface area contributed by atoms with Crippen molar-refractivity contribution in [3.8, 4) is 0 Å². The van der Waals surface area contributed by atoms with E-state index in [1.807, 2.05) is 6.92 Å². The molecule has 2 unspecified atom stereocenters. The zero-order chi connectivity index (χ0) is 12.5. The summed E-state index contributed by atoms with van der Waals surface area (Å²) in [6.07, 6.45) is 4.11. The van der Waals surface area contributed by atoms with Gasteiger partial charge >= 0.3 is 0 Å². The lowest BCUT2D eigenvalue weighted by Gasteiger charge is -2.27. The largest absolute Gasteiger partial charge is 0.331 e. The van der Waals surface area contributed by atoms with Crippen molar-refractivity contribution in [3.05, 3.63) is 10.6 Å². The summed E-state index contributed by atoms with van der Waals surface area (Å²) in [6.45, 7) is 3.97. The fourth-order valence-electron chi connectivity index (χ4n) is 3.03. The van der Waals surface area contributed by atoms with Gasteiger partial charge in [-0.15, -0.1) is 5.10 Å². The van der Waals surface area contributed by atoms with Gasteiger partial charge in [-0.2, -0.15) is 0 Å². The summed E-state index contributed by atoms with van der Waals surface area (Å²) in [7, 11) is 0. The number of aryl methyl sites for hydroxylation is 1. The molecule has 1 aromatic rings. The molecule has 1 amide bonds. The van der Waals surface area contributed by atoms with Crippen LogP contribution in [0.15, 0.2) is 0 Å². The molecule has 0 saturated carbocycles. The number of hydrogen-bond donors (Lipinski definition) is 1. The Bertz CT molecular complexity index is 433. The average molecular weight is 266 g/mol. The molecule has 2 atom stereocenters. The van der Waals surface area contributed by atoms with E-state index in [1.165, 1.54) is 11.5 Å². The van der Waals surface area contributed by atoms with Crippen molar-refractivity contribution in [1.82, 2.24) is 19.8 Å².